The summed E-state index contributed by atoms with van der Waals surface area (Å²) in [7, 11) is 0. The molecular formula is C13H22N2O3S. The third kappa shape index (κ3) is 3.78. The van der Waals surface area contributed by atoms with Gasteiger partial charge in [-0.1, -0.05) is 0 Å². The molecule has 0 spiro atoms. The molecule has 108 valence electrons. The number of carboxylic acids is 1. The van der Waals surface area contributed by atoms with E-state index in [0.717, 1.165) is 5.75 Å². The van der Waals surface area contributed by atoms with Crippen LogP contribution in [0.4, 0.5) is 4.79 Å². The number of aliphatic carboxylic acids is 1. The van der Waals surface area contributed by atoms with E-state index in [0.29, 0.717) is 18.2 Å². The zero-order valence-corrected chi connectivity index (χ0v) is 12.3. The van der Waals surface area contributed by atoms with Crippen molar-refractivity contribution < 1.29 is 14.7 Å². The largest absolute Gasteiger partial charge is 0.481 e. The van der Waals surface area contributed by atoms with E-state index in [4.69, 9.17) is 5.11 Å². The molecule has 1 aliphatic carbocycles. The second-order valence-electron chi connectivity index (χ2n) is 5.95. The molecule has 19 heavy (non-hydrogen) atoms. The highest BCUT2D eigenvalue weighted by atomic mass is 32.2. The second kappa shape index (κ2) is 5.61. The van der Waals surface area contributed by atoms with E-state index in [1.165, 1.54) is 12.8 Å². The lowest BCUT2D eigenvalue weighted by Gasteiger charge is -2.37. The second-order valence-corrected chi connectivity index (χ2v) is 7.10. The molecule has 0 aromatic heterocycles. The van der Waals surface area contributed by atoms with Crippen molar-refractivity contribution in [3.8, 4) is 0 Å². The number of carbonyl (C=O) groups is 2. The van der Waals surface area contributed by atoms with Gasteiger partial charge < -0.3 is 15.3 Å². The number of carboxylic acid groups (broad SMARTS) is 1. The zero-order chi connectivity index (χ0) is 14.0. The number of amides is 2. The van der Waals surface area contributed by atoms with Gasteiger partial charge >= 0.3 is 12.0 Å². The highest BCUT2D eigenvalue weighted by molar-refractivity contribution is 7.99. The van der Waals surface area contributed by atoms with Crippen LogP contribution in [0.1, 0.15) is 33.1 Å². The summed E-state index contributed by atoms with van der Waals surface area (Å²) in [5.41, 5.74) is -0.185. The first-order valence-electron chi connectivity index (χ1n) is 6.78. The average Bonchev–Trinajstić information content (AvgIpc) is 3.12. The Morgan fingerprint density at radius 3 is 2.68 bits per heavy atom. The number of rotatable bonds is 4. The van der Waals surface area contributed by atoms with Crippen LogP contribution in [0.15, 0.2) is 0 Å². The van der Waals surface area contributed by atoms with Crippen LogP contribution in [-0.4, -0.2) is 51.6 Å². The van der Waals surface area contributed by atoms with Gasteiger partial charge in [0.05, 0.1) is 12.5 Å². The Bertz CT molecular complexity index is 369. The predicted octanol–water partition coefficient (Wildman–Crippen LogP) is 1.78. The molecule has 1 saturated heterocycles. The van der Waals surface area contributed by atoms with Crippen molar-refractivity contribution in [2.75, 3.05) is 18.1 Å². The molecule has 1 aliphatic heterocycles. The van der Waals surface area contributed by atoms with Gasteiger partial charge in [0, 0.05) is 23.6 Å². The summed E-state index contributed by atoms with van der Waals surface area (Å²) in [6, 6.07) is -0.297. The molecule has 2 rings (SSSR count). The van der Waals surface area contributed by atoms with Crippen LogP contribution in [0.25, 0.3) is 0 Å². The highest BCUT2D eigenvalue weighted by Crippen LogP contribution is 2.39. The SMILES string of the molecule is CC(C)(NC(=O)N1CCSCC1CC(=O)O)C1CC1. The molecule has 2 amide bonds. The smallest absolute Gasteiger partial charge is 0.318 e. The van der Waals surface area contributed by atoms with Gasteiger partial charge in [-0.05, 0) is 32.6 Å². The maximum Gasteiger partial charge on any atom is 0.318 e. The van der Waals surface area contributed by atoms with Crippen molar-refractivity contribution in [3.05, 3.63) is 0 Å². The van der Waals surface area contributed by atoms with Crippen molar-refractivity contribution >= 4 is 23.8 Å². The summed E-state index contributed by atoms with van der Waals surface area (Å²) in [5, 5.41) is 12.0. The Morgan fingerprint density at radius 2 is 2.11 bits per heavy atom. The quantitative estimate of drug-likeness (QED) is 0.826. The third-order valence-electron chi connectivity index (χ3n) is 3.93. The van der Waals surface area contributed by atoms with Crippen LogP contribution in [0.5, 0.6) is 0 Å². The topological polar surface area (TPSA) is 69.6 Å². The lowest BCUT2D eigenvalue weighted by Crippen LogP contribution is -2.56. The minimum atomic E-state index is -0.841. The van der Waals surface area contributed by atoms with Gasteiger partial charge in [0.1, 0.15) is 0 Å². The van der Waals surface area contributed by atoms with E-state index in [9.17, 15) is 9.59 Å². The number of hydrogen-bond donors (Lipinski definition) is 2. The summed E-state index contributed by atoms with van der Waals surface area (Å²) in [6.45, 7) is 4.73. The van der Waals surface area contributed by atoms with E-state index < -0.39 is 5.97 Å². The van der Waals surface area contributed by atoms with Gasteiger partial charge in [-0.3, -0.25) is 4.79 Å². The van der Waals surface area contributed by atoms with Gasteiger partial charge in [0.25, 0.3) is 0 Å². The number of hydrogen-bond acceptors (Lipinski definition) is 3. The number of urea groups is 1. The minimum Gasteiger partial charge on any atom is -0.481 e. The molecule has 5 nitrogen and oxygen atoms in total. The summed E-state index contributed by atoms with van der Waals surface area (Å²) in [5.74, 6) is 1.32. The minimum absolute atomic E-state index is 0.0320. The Morgan fingerprint density at radius 1 is 1.42 bits per heavy atom. The summed E-state index contributed by atoms with van der Waals surface area (Å²) in [6.07, 6.45) is 2.37. The molecule has 0 radical (unpaired) electrons. The van der Waals surface area contributed by atoms with Crippen LogP contribution in [-0.2, 0) is 4.79 Å². The predicted molar refractivity (Wildman–Crippen MR) is 75.4 cm³/mol. The molecule has 1 atom stereocenters. The average molecular weight is 286 g/mol. The molecular weight excluding hydrogens is 264 g/mol. The first kappa shape index (κ1) is 14.5. The fraction of sp³-hybridized carbons (Fsp3) is 0.846. The molecule has 0 bridgehead atoms. The fourth-order valence-electron chi connectivity index (χ4n) is 2.55. The number of nitrogens with zero attached hydrogens (tertiary/aromatic N) is 1. The highest BCUT2D eigenvalue weighted by Gasteiger charge is 2.40. The van der Waals surface area contributed by atoms with Crippen LogP contribution in [0, 0.1) is 5.92 Å². The maximum atomic E-state index is 12.4. The Kier molecular flexibility index (Phi) is 4.28. The molecule has 1 heterocycles. The Labute approximate surface area is 118 Å². The monoisotopic (exact) mass is 286 g/mol. The summed E-state index contributed by atoms with van der Waals surface area (Å²) in [4.78, 5) is 24.9. The number of carbonyl (C=O) groups excluding carboxylic acids is 1. The summed E-state index contributed by atoms with van der Waals surface area (Å²) < 4.78 is 0. The van der Waals surface area contributed by atoms with Crippen molar-refractivity contribution in [2.24, 2.45) is 5.92 Å². The molecule has 0 aromatic carbocycles. The van der Waals surface area contributed by atoms with Gasteiger partial charge in [-0.2, -0.15) is 11.8 Å². The van der Waals surface area contributed by atoms with E-state index in [1.807, 2.05) is 13.8 Å². The maximum absolute atomic E-state index is 12.4. The molecule has 1 saturated carbocycles. The van der Waals surface area contributed by atoms with Crippen molar-refractivity contribution in [1.29, 1.82) is 0 Å². The van der Waals surface area contributed by atoms with Crippen molar-refractivity contribution in [1.82, 2.24) is 10.2 Å². The lowest BCUT2D eigenvalue weighted by atomic mass is 9.99. The molecule has 2 N–H and O–H groups in total. The fourth-order valence-corrected chi connectivity index (χ4v) is 3.61. The van der Waals surface area contributed by atoms with Crippen LogP contribution in [0.2, 0.25) is 0 Å². The van der Waals surface area contributed by atoms with Gasteiger partial charge in [0.2, 0.25) is 0 Å². The van der Waals surface area contributed by atoms with Gasteiger partial charge in [-0.25, -0.2) is 4.79 Å². The Hall–Kier alpha value is -0.910. The van der Waals surface area contributed by atoms with Crippen LogP contribution >= 0.6 is 11.8 Å². The zero-order valence-electron chi connectivity index (χ0n) is 11.5. The summed E-state index contributed by atoms with van der Waals surface area (Å²) >= 11 is 1.72. The molecule has 2 aliphatic rings. The third-order valence-corrected chi connectivity index (χ3v) is 5.02. The molecule has 2 fully saturated rings. The van der Waals surface area contributed by atoms with Crippen LogP contribution < -0.4 is 5.32 Å². The normalized spacial score (nSPS) is 24.1. The van der Waals surface area contributed by atoms with Crippen molar-refractivity contribution in [3.63, 3.8) is 0 Å². The first-order chi connectivity index (χ1) is 8.90. The van der Waals surface area contributed by atoms with E-state index in [2.05, 4.69) is 5.32 Å². The lowest BCUT2D eigenvalue weighted by molar-refractivity contribution is -0.138. The first-order valence-corrected chi connectivity index (χ1v) is 7.94. The molecule has 6 heteroatoms. The Balaban J connectivity index is 1.96. The van der Waals surface area contributed by atoms with Gasteiger partial charge in [-0.15, -0.1) is 0 Å². The van der Waals surface area contributed by atoms with Gasteiger partial charge in [0.15, 0.2) is 0 Å². The van der Waals surface area contributed by atoms with E-state index >= 15 is 0 Å². The number of nitrogens with one attached hydrogen (secondary N) is 1. The van der Waals surface area contributed by atoms with E-state index in [1.54, 1.807) is 16.7 Å². The standard InChI is InChI=1S/C13H22N2O3S/c1-13(2,9-3-4-9)14-12(18)15-5-6-19-8-10(15)7-11(16)17/h9-10H,3-8H2,1-2H3,(H,14,18)(H,16,17). The molecule has 0 aromatic rings. The molecule has 1 unspecified atom stereocenters. The van der Waals surface area contributed by atoms with Crippen molar-refractivity contribution in [2.45, 2.75) is 44.7 Å². The van der Waals surface area contributed by atoms with E-state index in [-0.39, 0.29) is 24.0 Å². The number of thioether (sulfide) groups is 1. The van der Waals surface area contributed by atoms with Crippen LogP contribution in [0.3, 0.4) is 0 Å².